The van der Waals surface area contributed by atoms with Crippen LogP contribution >= 0.6 is 0 Å². The van der Waals surface area contributed by atoms with Crippen LogP contribution in [0.25, 0.3) is 11.1 Å². The van der Waals surface area contributed by atoms with Gasteiger partial charge in [-0.3, -0.25) is 9.48 Å². The predicted molar refractivity (Wildman–Crippen MR) is 94.6 cm³/mol. The third-order valence-corrected chi connectivity index (χ3v) is 3.92. The molecular formula is C19H16F3N3O2. The molecule has 0 saturated heterocycles. The van der Waals surface area contributed by atoms with Gasteiger partial charge in [0.25, 0.3) is 5.91 Å². The Kier molecular flexibility index (Phi) is 4.89. The first kappa shape index (κ1) is 18.5. The highest BCUT2D eigenvalue weighted by Crippen LogP contribution is 2.33. The van der Waals surface area contributed by atoms with Crippen LogP contribution in [0.3, 0.4) is 0 Å². The number of methoxy groups -OCH3 is 1. The number of hydrogen-bond donors (Lipinski definition) is 1. The molecule has 27 heavy (non-hydrogen) atoms. The lowest BCUT2D eigenvalue weighted by Crippen LogP contribution is -2.18. The Morgan fingerprint density at radius 2 is 1.78 bits per heavy atom. The summed E-state index contributed by atoms with van der Waals surface area (Å²) in [5.41, 5.74) is 0.100. The van der Waals surface area contributed by atoms with Gasteiger partial charge < -0.3 is 10.1 Å². The number of nitrogens with one attached hydrogen (secondary N) is 1. The molecule has 0 aliphatic rings. The number of hydrogen-bond acceptors (Lipinski definition) is 3. The average Bonchev–Trinajstić information content (AvgIpc) is 3.05. The maximum atomic E-state index is 13.1. The molecule has 8 heteroatoms. The van der Waals surface area contributed by atoms with Gasteiger partial charge >= 0.3 is 6.18 Å². The number of alkyl halides is 3. The predicted octanol–water partition coefficient (Wildman–Crippen LogP) is 4.37. The summed E-state index contributed by atoms with van der Waals surface area (Å²) in [4.78, 5) is 12.5. The van der Waals surface area contributed by atoms with E-state index in [0.29, 0.717) is 17.0 Å². The molecule has 0 aliphatic carbocycles. The smallest absolute Gasteiger partial charge is 0.435 e. The van der Waals surface area contributed by atoms with Crippen molar-refractivity contribution >= 4 is 11.6 Å². The van der Waals surface area contributed by atoms with Gasteiger partial charge in [0.2, 0.25) is 0 Å². The molecule has 0 unspecified atom stereocenters. The van der Waals surface area contributed by atoms with E-state index in [2.05, 4.69) is 10.4 Å². The van der Waals surface area contributed by atoms with Crippen molar-refractivity contribution in [1.82, 2.24) is 9.78 Å². The van der Waals surface area contributed by atoms with Crippen molar-refractivity contribution in [2.75, 3.05) is 12.4 Å². The standard InChI is InChI=1S/C19H16F3N3O2/c1-25-11-15(17(24-25)19(20,21)22)18(26)23-16-6-4-3-5-14(16)12-7-9-13(27-2)10-8-12/h3-11H,1-2H3,(H,23,26). The molecule has 1 heterocycles. The minimum atomic E-state index is -4.72. The molecular weight excluding hydrogens is 359 g/mol. The normalized spacial score (nSPS) is 11.3. The highest BCUT2D eigenvalue weighted by molar-refractivity contribution is 6.07. The molecule has 1 N–H and O–H groups in total. The van der Waals surface area contributed by atoms with Crippen molar-refractivity contribution in [2.24, 2.45) is 7.05 Å². The molecule has 5 nitrogen and oxygen atoms in total. The second-order valence-corrected chi connectivity index (χ2v) is 5.79. The van der Waals surface area contributed by atoms with Gasteiger partial charge in [-0.15, -0.1) is 0 Å². The van der Waals surface area contributed by atoms with Gasteiger partial charge in [0.15, 0.2) is 5.69 Å². The molecule has 0 atom stereocenters. The molecule has 0 radical (unpaired) electrons. The largest absolute Gasteiger partial charge is 0.497 e. The van der Waals surface area contributed by atoms with E-state index in [0.717, 1.165) is 16.4 Å². The lowest BCUT2D eigenvalue weighted by molar-refractivity contribution is -0.141. The molecule has 0 saturated carbocycles. The number of para-hydroxylation sites is 1. The van der Waals surface area contributed by atoms with Crippen LogP contribution in [-0.2, 0) is 13.2 Å². The van der Waals surface area contributed by atoms with Crippen molar-refractivity contribution in [3.8, 4) is 16.9 Å². The second kappa shape index (κ2) is 7.14. The van der Waals surface area contributed by atoms with Crippen molar-refractivity contribution in [3.63, 3.8) is 0 Å². The van der Waals surface area contributed by atoms with Crippen molar-refractivity contribution in [1.29, 1.82) is 0 Å². The van der Waals surface area contributed by atoms with E-state index in [9.17, 15) is 18.0 Å². The molecule has 3 rings (SSSR count). The van der Waals surface area contributed by atoms with Gasteiger partial charge in [0, 0.05) is 24.5 Å². The van der Waals surface area contributed by atoms with Crippen molar-refractivity contribution in [2.45, 2.75) is 6.18 Å². The average molecular weight is 375 g/mol. The summed E-state index contributed by atoms with van der Waals surface area (Å²) in [7, 11) is 2.88. The monoisotopic (exact) mass is 375 g/mol. The zero-order valence-corrected chi connectivity index (χ0v) is 14.5. The van der Waals surface area contributed by atoms with Crippen LogP contribution in [0.5, 0.6) is 5.75 Å². The van der Waals surface area contributed by atoms with Crippen LogP contribution in [0, 0.1) is 0 Å². The Hall–Kier alpha value is -3.29. The number of carbonyl (C=O) groups is 1. The van der Waals surface area contributed by atoms with Gasteiger partial charge in [-0.2, -0.15) is 18.3 Å². The Bertz CT molecular complexity index is 963. The van der Waals surface area contributed by atoms with Crippen molar-refractivity contribution < 1.29 is 22.7 Å². The number of anilines is 1. The third-order valence-electron chi connectivity index (χ3n) is 3.92. The molecule has 3 aromatic rings. The quantitative estimate of drug-likeness (QED) is 0.737. The number of ether oxygens (including phenoxy) is 1. The minimum absolute atomic E-state index is 0.393. The number of benzene rings is 2. The first-order valence-corrected chi connectivity index (χ1v) is 7.95. The Labute approximate surface area is 153 Å². The minimum Gasteiger partial charge on any atom is -0.497 e. The first-order chi connectivity index (χ1) is 12.8. The zero-order chi connectivity index (χ0) is 19.6. The van der Waals surface area contributed by atoms with E-state index < -0.39 is 23.3 Å². The van der Waals surface area contributed by atoms with Gasteiger partial charge in [0.1, 0.15) is 5.75 Å². The summed E-state index contributed by atoms with van der Waals surface area (Å²) in [6.45, 7) is 0. The summed E-state index contributed by atoms with van der Waals surface area (Å²) in [6, 6.07) is 14.0. The van der Waals surface area contributed by atoms with Gasteiger partial charge in [-0.05, 0) is 23.8 Å². The Morgan fingerprint density at radius 1 is 1.11 bits per heavy atom. The highest BCUT2D eigenvalue weighted by atomic mass is 19.4. The lowest BCUT2D eigenvalue weighted by Gasteiger charge is -2.12. The maximum absolute atomic E-state index is 13.1. The summed E-state index contributed by atoms with van der Waals surface area (Å²) >= 11 is 0. The zero-order valence-electron chi connectivity index (χ0n) is 14.5. The highest BCUT2D eigenvalue weighted by Gasteiger charge is 2.39. The van der Waals surface area contributed by atoms with E-state index in [1.165, 1.54) is 7.05 Å². The van der Waals surface area contributed by atoms with Gasteiger partial charge in [-0.1, -0.05) is 30.3 Å². The summed E-state index contributed by atoms with van der Waals surface area (Å²) < 4.78 is 45.4. The van der Waals surface area contributed by atoms with Gasteiger partial charge in [-0.25, -0.2) is 0 Å². The molecule has 1 aromatic heterocycles. The molecule has 0 spiro atoms. The first-order valence-electron chi connectivity index (χ1n) is 7.95. The number of rotatable bonds is 4. The number of halogens is 3. The number of carbonyl (C=O) groups excluding carboxylic acids is 1. The fourth-order valence-corrected chi connectivity index (χ4v) is 2.67. The van der Waals surface area contributed by atoms with Crippen LogP contribution < -0.4 is 10.1 Å². The van der Waals surface area contributed by atoms with Crippen LogP contribution in [-0.4, -0.2) is 22.8 Å². The molecule has 0 aliphatic heterocycles. The summed E-state index contributed by atoms with van der Waals surface area (Å²) in [6.07, 6.45) is -3.67. The molecule has 140 valence electrons. The van der Waals surface area contributed by atoms with Crippen LogP contribution in [0.1, 0.15) is 16.1 Å². The van der Waals surface area contributed by atoms with Crippen molar-refractivity contribution in [3.05, 3.63) is 66.0 Å². The summed E-state index contributed by atoms with van der Waals surface area (Å²) in [5, 5.41) is 5.92. The fourth-order valence-electron chi connectivity index (χ4n) is 2.67. The van der Waals surface area contributed by atoms with Crippen LogP contribution in [0.15, 0.2) is 54.7 Å². The number of amides is 1. The third kappa shape index (κ3) is 3.94. The van der Waals surface area contributed by atoms with E-state index in [-0.39, 0.29) is 0 Å². The fraction of sp³-hybridized carbons (Fsp3) is 0.158. The number of aromatic nitrogens is 2. The molecule has 0 bridgehead atoms. The number of aryl methyl sites for hydroxylation is 1. The van der Waals surface area contributed by atoms with E-state index in [1.807, 2.05) is 0 Å². The molecule has 2 aromatic carbocycles. The Morgan fingerprint density at radius 3 is 2.41 bits per heavy atom. The van der Waals surface area contributed by atoms with E-state index in [1.54, 1.807) is 55.6 Å². The second-order valence-electron chi connectivity index (χ2n) is 5.79. The van der Waals surface area contributed by atoms with Crippen LogP contribution in [0.2, 0.25) is 0 Å². The topological polar surface area (TPSA) is 56.1 Å². The Balaban J connectivity index is 1.94. The van der Waals surface area contributed by atoms with Crippen LogP contribution in [0.4, 0.5) is 18.9 Å². The lowest BCUT2D eigenvalue weighted by atomic mass is 10.0. The number of nitrogens with zero attached hydrogens (tertiary/aromatic N) is 2. The molecule has 0 fully saturated rings. The molecule has 1 amide bonds. The van der Waals surface area contributed by atoms with E-state index >= 15 is 0 Å². The summed E-state index contributed by atoms with van der Waals surface area (Å²) in [5.74, 6) is -0.207. The maximum Gasteiger partial charge on any atom is 0.435 e. The van der Waals surface area contributed by atoms with E-state index in [4.69, 9.17) is 4.74 Å². The SMILES string of the molecule is COc1ccc(-c2ccccc2NC(=O)c2cn(C)nc2C(F)(F)F)cc1. The van der Waals surface area contributed by atoms with Gasteiger partial charge in [0.05, 0.1) is 12.7 Å².